The molecule has 0 aliphatic carbocycles. The first-order valence-electron chi connectivity index (χ1n) is 8.11. The summed E-state index contributed by atoms with van der Waals surface area (Å²) in [6, 6.07) is 9.03. The molecule has 2 aromatic rings. The van der Waals surface area contributed by atoms with E-state index in [2.05, 4.69) is 5.32 Å². The van der Waals surface area contributed by atoms with E-state index in [1.165, 1.54) is 11.6 Å². The summed E-state index contributed by atoms with van der Waals surface area (Å²) in [5.74, 6) is -0.106. The monoisotopic (exact) mass is 359 g/mol. The molecule has 0 unspecified atom stereocenters. The van der Waals surface area contributed by atoms with E-state index >= 15 is 0 Å². The molecule has 0 saturated carbocycles. The third-order valence-electron chi connectivity index (χ3n) is 3.68. The highest BCUT2D eigenvalue weighted by Crippen LogP contribution is 2.11. The highest BCUT2D eigenvalue weighted by atomic mass is 16.5. The van der Waals surface area contributed by atoms with Gasteiger partial charge in [0.1, 0.15) is 18.0 Å². The molecule has 138 valence electrons. The number of carbonyl (C=O) groups is 2. The summed E-state index contributed by atoms with van der Waals surface area (Å²) < 4.78 is 7.15. The minimum Gasteiger partial charge on any atom is -0.444 e. The highest BCUT2D eigenvalue weighted by molar-refractivity contribution is 5.91. The number of aldehydes is 1. The zero-order valence-electron chi connectivity index (χ0n) is 14.9. The Bertz CT molecular complexity index is 913. The van der Waals surface area contributed by atoms with Gasteiger partial charge in [0.05, 0.1) is 0 Å². The van der Waals surface area contributed by atoms with Crippen LogP contribution in [0.2, 0.25) is 0 Å². The Balaban J connectivity index is 2.34. The topological polar surface area (TPSA) is 99.4 Å². The van der Waals surface area contributed by atoms with Gasteiger partial charge < -0.3 is 4.74 Å². The third-order valence-corrected chi connectivity index (χ3v) is 3.68. The number of benzene rings is 1. The molecule has 0 spiro atoms. The molecule has 26 heavy (non-hydrogen) atoms. The number of nitrogens with one attached hydrogen (secondary N) is 1. The van der Waals surface area contributed by atoms with E-state index in [1.54, 1.807) is 12.1 Å². The standard InChI is InChI=1S/C18H21N3O5/c1-12(2)9-21-15(14(10-22)16(23)20(3)18(21)25)19-17(24)26-11-13-7-5-4-6-8-13/h4-8,10,12H,9,11H2,1-3H3,(H,19,24). The van der Waals surface area contributed by atoms with Crippen molar-refractivity contribution in [3.05, 3.63) is 62.3 Å². The molecule has 0 aliphatic rings. The Morgan fingerprint density at radius 3 is 2.46 bits per heavy atom. The van der Waals surface area contributed by atoms with E-state index in [1.807, 2.05) is 32.0 Å². The van der Waals surface area contributed by atoms with Crippen molar-refractivity contribution in [1.82, 2.24) is 9.13 Å². The van der Waals surface area contributed by atoms with E-state index in [-0.39, 0.29) is 30.5 Å². The summed E-state index contributed by atoms with van der Waals surface area (Å²) in [6.45, 7) is 3.98. The van der Waals surface area contributed by atoms with E-state index < -0.39 is 17.3 Å². The number of amides is 1. The summed E-state index contributed by atoms with van der Waals surface area (Å²) in [6.07, 6.45) is -0.534. The first kappa shape index (κ1) is 19.2. The molecule has 8 nitrogen and oxygen atoms in total. The van der Waals surface area contributed by atoms with Crippen LogP contribution < -0.4 is 16.6 Å². The van der Waals surface area contributed by atoms with Crippen molar-refractivity contribution in [1.29, 1.82) is 0 Å². The van der Waals surface area contributed by atoms with Crippen LogP contribution in [-0.4, -0.2) is 21.5 Å². The van der Waals surface area contributed by atoms with Crippen LogP contribution in [0.4, 0.5) is 10.6 Å². The van der Waals surface area contributed by atoms with Gasteiger partial charge in [0.2, 0.25) is 0 Å². The molecular weight excluding hydrogens is 338 g/mol. The van der Waals surface area contributed by atoms with Gasteiger partial charge in [-0.2, -0.15) is 0 Å². The Kier molecular flexibility index (Phi) is 6.11. The van der Waals surface area contributed by atoms with Crippen LogP contribution in [0.5, 0.6) is 0 Å². The Morgan fingerprint density at radius 1 is 1.23 bits per heavy atom. The zero-order valence-corrected chi connectivity index (χ0v) is 14.9. The van der Waals surface area contributed by atoms with Gasteiger partial charge in [-0.3, -0.25) is 24.0 Å². The summed E-state index contributed by atoms with van der Waals surface area (Å²) in [5.41, 5.74) is -0.915. The average molecular weight is 359 g/mol. The summed E-state index contributed by atoms with van der Waals surface area (Å²) in [5, 5.41) is 2.37. The van der Waals surface area contributed by atoms with Gasteiger partial charge in [-0.1, -0.05) is 44.2 Å². The molecular formula is C18H21N3O5. The van der Waals surface area contributed by atoms with Crippen molar-refractivity contribution in [3.8, 4) is 0 Å². The largest absolute Gasteiger partial charge is 0.444 e. The maximum atomic E-state index is 12.4. The molecule has 0 bridgehead atoms. The quantitative estimate of drug-likeness (QED) is 0.793. The molecule has 0 saturated heterocycles. The van der Waals surface area contributed by atoms with Crippen molar-refractivity contribution in [2.24, 2.45) is 13.0 Å². The highest BCUT2D eigenvalue weighted by Gasteiger charge is 2.20. The minimum atomic E-state index is -0.859. The molecule has 1 N–H and O–H groups in total. The van der Waals surface area contributed by atoms with Crippen LogP contribution in [0.15, 0.2) is 39.9 Å². The second-order valence-electron chi connectivity index (χ2n) is 6.22. The van der Waals surface area contributed by atoms with Gasteiger partial charge >= 0.3 is 11.8 Å². The van der Waals surface area contributed by atoms with Crippen LogP contribution in [-0.2, 0) is 24.9 Å². The first-order valence-corrected chi connectivity index (χ1v) is 8.11. The lowest BCUT2D eigenvalue weighted by Crippen LogP contribution is -2.42. The fourth-order valence-electron chi connectivity index (χ4n) is 2.42. The average Bonchev–Trinajstić information content (AvgIpc) is 2.62. The van der Waals surface area contributed by atoms with Crippen molar-refractivity contribution in [2.75, 3.05) is 5.32 Å². The van der Waals surface area contributed by atoms with Crippen LogP contribution >= 0.6 is 0 Å². The molecule has 1 aromatic carbocycles. The summed E-state index contributed by atoms with van der Waals surface area (Å²) in [7, 11) is 1.28. The van der Waals surface area contributed by atoms with Gasteiger partial charge in [-0.15, -0.1) is 0 Å². The van der Waals surface area contributed by atoms with Gasteiger partial charge in [0.15, 0.2) is 6.29 Å². The lowest BCUT2D eigenvalue weighted by molar-refractivity contribution is 0.112. The maximum Gasteiger partial charge on any atom is 0.413 e. The molecule has 8 heteroatoms. The second kappa shape index (κ2) is 8.28. The summed E-state index contributed by atoms with van der Waals surface area (Å²) in [4.78, 5) is 48.1. The number of nitrogens with zero attached hydrogens (tertiary/aromatic N) is 2. The van der Waals surface area contributed by atoms with Gasteiger partial charge in [0, 0.05) is 13.6 Å². The smallest absolute Gasteiger partial charge is 0.413 e. The van der Waals surface area contributed by atoms with Crippen molar-refractivity contribution >= 4 is 18.2 Å². The molecule has 1 aromatic heterocycles. The lowest BCUT2D eigenvalue weighted by atomic mass is 10.2. The van der Waals surface area contributed by atoms with Crippen LogP contribution in [0.25, 0.3) is 0 Å². The molecule has 0 fully saturated rings. The SMILES string of the molecule is CC(C)Cn1c(NC(=O)OCc2ccccc2)c(C=O)c(=O)n(C)c1=O. The minimum absolute atomic E-state index is 0.0162. The molecule has 0 aliphatic heterocycles. The van der Waals surface area contributed by atoms with Gasteiger partial charge in [-0.05, 0) is 11.5 Å². The van der Waals surface area contributed by atoms with Crippen molar-refractivity contribution in [3.63, 3.8) is 0 Å². The number of aromatic nitrogens is 2. The fraction of sp³-hybridized carbons (Fsp3) is 0.333. The van der Waals surface area contributed by atoms with Crippen molar-refractivity contribution in [2.45, 2.75) is 27.0 Å². The van der Waals surface area contributed by atoms with E-state index in [9.17, 15) is 19.2 Å². The number of ether oxygens (including phenoxy) is 1. The predicted octanol–water partition coefficient (Wildman–Crippen LogP) is 1.76. The fourth-order valence-corrected chi connectivity index (χ4v) is 2.42. The normalized spacial score (nSPS) is 10.6. The number of hydrogen-bond donors (Lipinski definition) is 1. The number of anilines is 1. The van der Waals surface area contributed by atoms with Crippen LogP contribution in [0.3, 0.4) is 0 Å². The molecule has 1 heterocycles. The van der Waals surface area contributed by atoms with E-state index in [0.717, 1.165) is 10.1 Å². The molecule has 0 atom stereocenters. The first-order chi connectivity index (χ1) is 12.3. The Morgan fingerprint density at radius 2 is 1.88 bits per heavy atom. The second-order valence-corrected chi connectivity index (χ2v) is 6.22. The van der Waals surface area contributed by atoms with Crippen LogP contribution in [0, 0.1) is 5.92 Å². The Labute approximate surface area is 150 Å². The Hall–Kier alpha value is -3.16. The number of rotatable bonds is 6. The number of hydrogen-bond acceptors (Lipinski definition) is 5. The van der Waals surface area contributed by atoms with E-state index in [0.29, 0.717) is 6.29 Å². The third kappa shape index (κ3) is 4.27. The van der Waals surface area contributed by atoms with Gasteiger partial charge in [0.25, 0.3) is 5.56 Å². The molecule has 1 amide bonds. The predicted molar refractivity (Wildman–Crippen MR) is 96.4 cm³/mol. The van der Waals surface area contributed by atoms with Crippen LogP contribution in [0.1, 0.15) is 29.8 Å². The van der Waals surface area contributed by atoms with Crippen molar-refractivity contribution < 1.29 is 14.3 Å². The lowest BCUT2D eigenvalue weighted by Gasteiger charge is -2.18. The maximum absolute atomic E-state index is 12.4. The van der Waals surface area contributed by atoms with E-state index in [4.69, 9.17) is 4.74 Å². The number of carbonyl (C=O) groups excluding carboxylic acids is 2. The zero-order chi connectivity index (χ0) is 19.3. The molecule has 2 rings (SSSR count). The summed E-state index contributed by atoms with van der Waals surface area (Å²) >= 11 is 0. The molecule has 0 radical (unpaired) electrons. The van der Waals surface area contributed by atoms with Gasteiger partial charge in [-0.25, -0.2) is 9.59 Å².